The highest BCUT2D eigenvalue weighted by Crippen LogP contribution is 2.28. The lowest BCUT2D eigenvalue weighted by Gasteiger charge is -2.41. The van der Waals surface area contributed by atoms with Crippen LogP contribution in [0.3, 0.4) is 0 Å². The smallest absolute Gasteiger partial charge is 0.303 e. The Balaban J connectivity index is 2.72. The largest absolute Gasteiger partial charge is 0.481 e. The van der Waals surface area contributed by atoms with Crippen LogP contribution in [0.2, 0.25) is 0 Å². The van der Waals surface area contributed by atoms with Crippen LogP contribution >= 0.6 is 0 Å². The summed E-state index contributed by atoms with van der Waals surface area (Å²) in [7, 11) is 0. The Bertz CT molecular complexity index is 263. The van der Waals surface area contributed by atoms with Gasteiger partial charge in [-0.3, -0.25) is 9.59 Å². The lowest BCUT2D eigenvalue weighted by Crippen LogP contribution is -2.50. The van der Waals surface area contributed by atoms with E-state index >= 15 is 0 Å². The molecule has 86 valence electrons. The summed E-state index contributed by atoms with van der Waals surface area (Å²) < 4.78 is 0. The third-order valence-corrected chi connectivity index (χ3v) is 3.13. The van der Waals surface area contributed by atoms with Crippen molar-refractivity contribution in [2.75, 3.05) is 0 Å². The molecule has 1 saturated heterocycles. The minimum absolute atomic E-state index is 0.0438. The summed E-state index contributed by atoms with van der Waals surface area (Å²) in [6, 6.07) is 0.200. The molecule has 0 spiro atoms. The van der Waals surface area contributed by atoms with Crippen molar-refractivity contribution in [2.24, 2.45) is 5.92 Å². The average Bonchev–Trinajstić information content (AvgIpc) is 2.09. The summed E-state index contributed by atoms with van der Waals surface area (Å²) in [5, 5.41) is 8.77. The van der Waals surface area contributed by atoms with Gasteiger partial charge in [-0.05, 0) is 33.1 Å². The minimum Gasteiger partial charge on any atom is -0.481 e. The molecule has 4 heteroatoms. The van der Waals surface area contributed by atoms with E-state index in [-0.39, 0.29) is 30.3 Å². The van der Waals surface area contributed by atoms with Crippen LogP contribution in [0.5, 0.6) is 0 Å². The highest BCUT2D eigenvalue weighted by molar-refractivity contribution is 5.78. The molecule has 0 saturated carbocycles. The first kappa shape index (κ1) is 12.0. The maximum Gasteiger partial charge on any atom is 0.303 e. The van der Waals surface area contributed by atoms with Crippen molar-refractivity contribution < 1.29 is 14.7 Å². The van der Waals surface area contributed by atoms with Gasteiger partial charge in [0.05, 0.1) is 6.42 Å². The van der Waals surface area contributed by atoms with Crippen LogP contribution in [-0.2, 0) is 9.59 Å². The second kappa shape index (κ2) is 4.64. The molecular formula is C11H19NO3. The molecule has 1 heterocycles. The zero-order valence-electron chi connectivity index (χ0n) is 9.56. The molecule has 15 heavy (non-hydrogen) atoms. The van der Waals surface area contributed by atoms with Gasteiger partial charge in [-0.1, -0.05) is 0 Å². The SMILES string of the molecule is CC(C)N1C(=O)CC[C@H](CC(=O)O)[C@H]1C. The first-order chi connectivity index (χ1) is 6.93. The van der Waals surface area contributed by atoms with E-state index in [1.165, 1.54) is 0 Å². The fourth-order valence-electron chi connectivity index (χ4n) is 2.39. The number of rotatable bonds is 3. The van der Waals surface area contributed by atoms with Crippen molar-refractivity contribution >= 4 is 11.9 Å². The summed E-state index contributed by atoms with van der Waals surface area (Å²) in [4.78, 5) is 24.1. The molecule has 1 rings (SSSR count). The molecule has 1 N–H and O–H groups in total. The highest BCUT2D eigenvalue weighted by atomic mass is 16.4. The van der Waals surface area contributed by atoms with E-state index in [9.17, 15) is 9.59 Å². The average molecular weight is 213 g/mol. The van der Waals surface area contributed by atoms with E-state index in [2.05, 4.69) is 0 Å². The van der Waals surface area contributed by atoms with Crippen LogP contribution in [0.25, 0.3) is 0 Å². The van der Waals surface area contributed by atoms with Crippen molar-refractivity contribution in [3.8, 4) is 0 Å². The number of amides is 1. The molecule has 0 aromatic carbocycles. The summed E-state index contributed by atoms with van der Waals surface area (Å²) >= 11 is 0. The monoisotopic (exact) mass is 213 g/mol. The Morgan fingerprint density at radius 1 is 1.60 bits per heavy atom. The maximum absolute atomic E-state index is 11.7. The molecular weight excluding hydrogens is 194 g/mol. The summed E-state index contributed by atoms with van der Waals surface area (Å²) in [6.45, 7) is 5.89. The number of carboxylic acids is 1. The molecule has 1 fully saturated rings. The number of carbonyl (C=O) groups excluding carboxylic acids is 1. The zero-order chi connectivity index (χ0) is 11.6. The van der Waals surface area contributed by atoms with Gasteiger partial charge in [0.2, 0.25) is 5.91 Å². The van der Waals surface area contributed by atoms with E-state index in [1.807, 2.05) is 25.7 Å². The molecule has 0 unspecified atom stereocenters. The number of likely N-dealkylation sites (tertiary alicyclic amines) is 1. The zero-order valence-corrected chi connectivity index (χ0v) is 9.56. The van der Waals surface area contributed by atoms with E-state index in [0.717, 1.165) is 0 Å². The quantitative estimate of drug-likeness (QED) is 0.772. The molecule has 0 bridgehead atoms. The molecule has 1 aliphatic rings. The van der Waals surface area contributed by atoms with Gasteiger partial charge in [0.15, 0.2) is 0 Å². The van der Waals surface area contributed by atoms with Gasteiger partial charge < -0.3 is 10.0 Å². The van der Waals surface area contributed by atoms with Crippen molar-refractivity contribution in [2.45, 2.75) is 52.1 Å². The van der Waals surface area contributed by atoms with Gasteiger partial charge in [-0.25, -0.2) is 0 Å². The number of carboxylic acid groups (broad SMARTS) is 1. The lowest BCUT2D eigenvalue weighted by atomic mass is 9.86. The van der Waals surface area contributed by atoms with Crippen LogP contribution in [0.4, 0.5) is 0 Å². The van der Waals surface area contributed by atoms with Gasteiger partial charge in [0.25, 0.3) is 0 Å². The fraction of sp³-hybridized carbons (Fsp3) is 0.818. The Hall–Kier alpha value is -1.06. The standard InChI is InChI=1S/C11H19NO3/c1-7(2)12-8(3)9(6-11(14)15)4-5-10(12)13/h7-9H,4-6H2,1-3H3,(H,14,15)/t8-,9-/m1/s1. The van der Waals surface area contributed by atoms with Crippen LogP contribution in [0.15, 0.2) is 0 Å². The third-order valence-electron chi connectivity index (χ3n) is 3.13. The van der Waals surface area contributed by atoms with Crippen molar-refractivity contribution in [3.63, 3.8) is 0 Å². The first-order valence-electron chi connectivity index (χ1n) is 5.46. The van der Waals surface area contributed by atoms with E-state index < -0.39 is 5.97 Å². The van der Waals surface area contributed by atoms with Crippen molar-refractivity contribution in [1.82, 2.24) is 4.90 Å². The summed E-state index contributed by atoms with van der Waals surface area (Å²) in [5.74, 6) is -0.522. The van der Waals surface area contributed by atoms with Crippen LogP contribution in [0.1, 0.15) is 40.0 Å². The highest BCUT2D eigenvalue weighted by Gasteiger charge is 2.34. The number of hydrogen-bond donors (Lipinski definition) is 1. The summed E-state index contributed by atoms with van der Waals surface area (Å²) in [5.41, 5.74) is 0. The number of aliphatic carboxylic acids is 1. The predicted octanol–water partition coefficient (Wildman–Crippen LogP) is 1.50. The van der Waals surface area contributed by atoms with Gasteiger partial charge in [-0.2, -0.15) is 0 Å². The second-order valence-corrected chi connectivity index (χ2v) is 4.53. The topological polar surface area (TPSA) is 57.6 Å². The molecule has 4 nitrogen and oxygen atoms in total. The molecule has 1 amide bonds. The Kier molecular flexibility index (Phi) is 3.72. The molecule has 0 aromatic rings. The van der Waals surface area contributed by atoms with Gasteiger partial charge >= 0.3 is 5.97 Å². The normalized spacial score (nSPS) is 27.2. The molecule has 1 aliphatic heterocycles. The minimum atomic E-state index is -0.773. The molecule has 0 aliphatic carbocycles. The predicted molar refractivity (Wildman–Crippen MR) is 56.4 cm³/mol. The Morgan fingerprint density at radius 3 is 2.67 bits per heavy atom. The number of nitrogens with zero attached hydrogens (tertiary/aromatic N) is 1. The Labute approximate surface area is 90.3 Å². The summed E-state index contributed by atoms with van der Waals surface area (Å²) in [6.07, 6.45) is 1.35. The van der Waals surface area contributed by atoms with E-state index in [4.69, 9.17) is 5.11 Å². The maximum atomic E-state index is 11.7. The van der Waals surface area contributed by atoms with Crippen LogP contribution < -0.4 is 0 Å². The first-order valence-corrected chi connectivity index (χ1v) is 5.46. The van der Waals surface area contributed by atoms with Crippen molar-refractivity contribution in [3.05, 3.63) is 0 Å². The van der Waals surface area contributed by atoms with Gasteiger partial charge in [0, 0.05) is 18.5 Å². The lowest BCUT2D eigenvalue weighted by molar-refractivity contribution is -0.146. The number of hydrogen-bond acceptors (Lipinski definition) is 2. The van der Waals surface area contributed by atoms with Crippen molar-refractivity contribution in [1.29, 1.82) is 0 Å². The molecule has 0 radical (unpaired) electrons. The van der Waals surface area contributed by atoms with Gasteiger partial charge in [-0.15, -0.1) is 0 Å². The third kappa shape index (κ3) is 2.70. The molecule has 0 aromatic heterocycles. The number of piperidine rings is 1. The Morgan fingerprint density at radius 2 is 2.20 bits per heavy atom. The van der Waals surface area contributed by atoms with E-state index in [1.54, 1.807) is 0 Å². The molecule has 2 atom stereocenters. The van der Waals surface area contributed by atoms with Gasteiger partial charge in [0.1, 0.15) is 0 Å². The number of carbonyl (C=O) groups is 2. The second-order valence-electron chi connectivity index (χ2n) is 4.53. The van der Waals surface area contributed by atoms with E-state index in [0.29, 0.717) is 12.8 Å². The fourth-order valence-corrected chi connectivity index (χ4v) is 2.39. The van der Waals surface area contributed by atoms with Crippen LogP contribution in [0, 0.1) is 5.92 Å². The van der Waals surface area contributed by atoms with Crippen LogP contribution in [-0.4, -0.2) is 34.0 Å².